The number of fused-ring (bicyclic) bond motifs is 1. The highest BCUT2D eigenvalue weighted by Gasteiger charge is 2.07. The van der Waals surface area contributed by atoms with E-state index in [0.717, 1.165) is 38.0 Å². The number of para-hydroxylation sites is 2. The van der Waals surface area contributed by atoms with Crippen LogP contribution < -0.4 is 5.32 Å². The smallest absolute Gasteiger partial charge is 0.109 e. The fraction of sp³-hybridized carbons (Fsp3) is 0.500. The lowest BCUT2D eigenvalue weighted by Gasteiger charge is -2.08. The molecule has 0 unspecified atom stereocenters. The van der Waals surface area contributed by atoms with Gasteiger partial charge in [0.1, 0.15) is 5.82 Å². The van der Waals surface area contributed by atoms with Crippen molar-refractivity contribution in [1.29, 1.82) is 0 Å². The fourth-order valence-corrected chi connectivity index (χ4v) is 2.18. The van der Waals surface area contributed by atoms with E-state index in [2.05, 4.69) is 53.0 Å². The Morgan fingerprint density at radius 1 is 1.24 bits per heavy atom. The highest BCUT2D eigenvalue weighted by molar-refractivity contribution is 5.75. The molecule has 0 aliphatic rings. The zero-order valence-corrected chi connectivity index (χ0v) is 10.7. The summed E-state index contributed by atoms with van der Waals surface area (Å²) in [6.07, 6.45) is 2.15. The largest absolute Gasteiger partial charge is 0.328 e. The van der Waals surface area contributed by atoms with Gasteiger partial charge in [0.05, 0.1) is 11.0 Å². The third-order valence-corrected chi connectivity index (χ3v) is 3.04. The predicted octanol–water partition coefficient (Wildman–Crippen LogP) is 2.60. The van der Waals surface area contributed by atoms with Gasteiger partial charge >= 0.3 is 0 Å². The number of nitrogens with one attached hydrogen (secondary N) is 1. The van der Waals surface area contributed by atoms with Crippen LogP contribution in [-0.2, 0) is 13.0 Å². The van der Waals surface area contributed by atoms with Gasteiger partial charge in [-0.3, -0.25) is 0 Å². The number of nitrogens with zero attached hydrogens (tertiary/aromatic N) is 2. The number of aryl methyl sites for hydroxylation is 2. The predicted molar refractivity (Wildman–Crippen MR) is 72.3 cm³/mol. The summed E-state index contributed by atoms with van der Waals surface area (Å²) >= 11 is 0. The first kappa shape index (κ1) is 12.1. The van der Waals surface area contributed by atoms with Crippen molar-refractivity contribution in [2.45, 2.75) is 33.2 Å². The van der Waals surface area contributed by atoms with Gasteiger partial charge in [-0.2, -0.15) is 0 Å². The lowest BCUT2D eigenvalue weighted by atomic mass is 10.3. The van der Waals surface area contributed by atoms with Gasteiger partial charge in [-0.25, -0.2) is 4.98 Å². The molecule has 0 saturated carbocycles. The molecule has 1 aromatic heterocycles. The van der Waals surface area contributed by atoms with Crippen LogP contribution in [0.3, 0.4) is 0 Å². The van der Waals surface area contributed by atoms with Gasteiger partial charge in [-0.1, -0.05) is 26.0 Å². The number of imidazole rings is 1. The SMILES string of the molecule is CCNCCCn1c(CC)nc2ccccc21. The molecule has 0 aliphatic heterocycles. The first-order valence-corrected chi connectivity index (χ1v) is 6.51. The molecule has 1 aromatic carbocycles. The summed E-state index contributed by atoms with van der Waals surface area (Å²) in [7, 11) is 0. The molecule has 0 aliphatic carbocycles. The maximum atomic E-state index is 4.67. The fourth-order valence-electron chi connectivity index (χ4n) is 2.18. The van der Waals surface area contributed by atoms with E-state index in [9.17, 15) is 0 Å². The number of aromatic nitrogens is 2. The van der Waals surface area contributed by atoms with Gasteiger partial charge in [0.25, 0.3) is 0 Å². The first-order chi connectivity index (χ1) is 8.36. The van der Waals surface area contributed by atoms with E-state index in [1.165, 1.54) is 11.3 Å². The Hall–Kier alpha value is -1.35. The minimum absolute atomic E-state index is 0.996. The molecular weight excluding hydrogens is 210 g/mol. The molecule has 1 heterocycles. The summed E-state index contributed by atoms with van der Waals surface area (Å²) in [6.45, 7) is 7.49. The Bertz CT molecular complexity index is 473. The first-order valence-electron chi connectivity index (χ1n) is 6.51. The van der Waals surface area contributed by atoms with Gasteiger partial charge in [-0.05, 0) is 31.6 Å². The maximum Gasteiger partial charge on any atom is 0.109 e. The second-order valence-electron chi connectivity index (χ2n) is 4.23. The summed E-state index contributed by atoms with van der Waals surface area (Å²) in [5.41, 5.74) is 2.38. The number of rotatable bonds is 6. The van der Waals surface area contributed by atoms with Crippen molar-refractivity contribution in [3.05, 3.63) is 30.1 Å². The van der Waals surface area contributed by atoms with Crippen LogP contribution in [0, 0.1) is 0 Å². The molecule has 92 valence electrons. The van der Waals surface area contributed by atoms with E-state index in [1.54, 1.807) is 0 Å². The van der Waals surface area contributed by atoms with Crippen molar-refractivity contribution in [2.75, 3.05) is 13.1 Å². The Morgan fingerprint density at radius 2 is 2.06 bits per heavy atom. The van der Waals surface area contributed by atoms with Crippen molar-refractivity contribution >= 4 is 11.0 Å². The highest BCUT2D eigenvalue weighted by Crippen LogP contribution is 2.16. The van der Waals surface area contributed by atoms with Crippen LogP contribution in [0.5, 0.6) is 0 Å². The van der Waals surface area contributed by atoms with Crippen LogP contribution in [0.15, 0.2) is 24.3 Å². The molecule has 2 aromatic rings. The van der Waals surface area contributed by atoms with E-state index in [1.807, 2.05) is 0 Å². The van der Waals surface area contributed by atoms with Gasteiger partial charge in [0, 0.05) is 13.0 Å². The van der Waals surface area contributed by atoms with Crippen LogP contribution in [0.4, 0.5) is 0 Å². The minimum atomic E-state index is 0.996. The van der Waals surface area contributed by atoms with Crippen molar-refractivity contribution < 1.29 is 0 Å². The lowest BCUT2D eigenvalue weighted by molar-refractivity contribution is 0.586. The molecule has 3 nitrogen and oxygen atoms in total. The number of benzene rings is 1. The molecular formula is C14H21N3. The van der Waals surface area contributed by atoms with Gasteiger partial charge < -0.3 is 9.88 Å². The van der Waals surface area contributed by atoms with E-state index in [4.69, 9.17) is 0 Å². The topological polar surface area (TPSA) is 29.9 Å². The van der Waals surface area contributed by atoms with Crippen molar-refractivity contribution in [3.8, 4) is 0 Å². The summed E-state index contributed by atoms with van der Waals surface area (Å²) in [6, 6.07) is 8.39. The summed E-state index contributed by atoms with van der Waals surface area (Å²) in [5, 5.41) is 3.36. The average molecular weight is 231 g/mol. The summed E-state index contributed by atoms with van der Waals surface area (Å²) in [4.78, 5) is 4.67. The summed E-state index contributed by atoms with van der Waals surface area (Å²) in [5.74, 6) is 1.20. The molecule has 0 atom stereocenters. The van der Waals surface area contributed by atoms with Gasteiger partial charge in [-0.15, -0.1) is 0 Å². The molecule has 0 bridgehead atoms. The number of hydrogen-bond donors (Lipinski definition) is 1. The van der Waals surface area contributed by atoms with E-state index < -0.39 is 0 Å². The van der Waals surface area contributed by atoms with E-state index in [0.29, 0.717) is 0 Å². The molecule has 0 radical (unpaired) electrons. The zero-order valence-electron chi connectivity index (χ0n) is 10.7. The monoisotopic (exact) mass is 231 g/mol. The quantitative estimate of drug-likeness (QED) is 0.774. The van der Waals surface area contributed by atoms with E-state index in [-0.39, 0.29) is 0 Å². The molecule has 1 N–H and O–H groups in total. The molecule has 0 saturated heterocycles. The van der Waals surface area contributed by atoms with Crippen LogP contribution in [-0.4, -0.2) is 22.6 Å². The second kappa shape index (κ2) is 5.82. The number of hydrogen-bond acceptors (Lipinski definition) is 2. The standard InChI is InChI=1S/C14H21N3/c1-3-14-16-12-8-5-6-9-13(12)17(14)11-7-10-15-4-2/h5-6,8-9,15H,3-4,7,10-11H2,1-2H3. The van der Waals surface area contributed by atoms with Crippen LogP contribution in [0.2, 0.25) is 0 Å². The molecule has 0 spiro atoms. The Morgan fingerprint density at radius 3 is 2.82 bits per heavy atom. The third-order valence-electron chi connectivity index (χ3n) is 3.04. The normalized spacial score (nSPS) is 11.2. The molecule has 0 amide bonds. The third kappa shape index (κ3) is 2.67. The van der Waals surface area contributed by atoms with E-state index >= 15 is 0 Å². The minimum Gasteiger partial charge on any atom is -0.328 e. The Kier molecular flexibility index (Phi) is 4.15. The van der Waals surface area contributed by atoms with Crippen LogP contribution >= 0.6 is 0 Å². The maximum absolute atomic E-state index is 4.67. The second-order valence-corrected chi connectivity index (χ2v) is 4.23. The van der Waals surface area contributed by atoms with Gasteiger partial charge in [0.2, 0.25) is 0 Å². The average Bonchev–Trinajstić information content (AvgIpc) is 2.73. The van der Waals surface area contributed by atoms with Crippen molar-refractivity contribution in [1.82, 2.24) is 14.9 Å². The molecule has 17 heavy (non-hydrogen) atoms. The molecule has 2 rings (SSSR count). The highest BCUT2D eigenvalue weighted by atomic mass is 15.1. The van der Waals surface area contributed by atoms with Crippen molar-refractivity contribution in [3.63, 3.8) is 0 Å². The van der Waals surface area contributed by atoms with Crippen molar-refractivity contribution in [2.24, 2.45) is 0 Å². The lowest BCUT2D eigenvalue weighted by Crippen LogP contribution is -2.16. The Labute approximate surface area is 103 Å². The molecule has 0 fully saturated rings. The zero-order chi connectivity index (χ0) is 12.1. The van der Waals surface area contributed by atoms with Crippen LogP contribution in [0.1, 0.15) is 26.1 Å². The Balaban J connectivity index is 2.18. The van der Waals surface area contributed by atoms with Crippen LogP contribution in [0.25, 0.3) is 11.0 Å². The van der Waals surface area contributed by atoms with Gasteiger partial charge in [0.15, 0.2) is 0 Å². The summed E-state index contributed by atoms with van der Waals surface area (Å²) < 4.78 is 2.35. The molecule has 3 heteroatoms.